The second-order valence-corrected chi connectivity index (χ2v) is 4.93. The lowest BCUT2D eigenvalue weighted by atomic mass is 10.0. The van der Waals surface area contributed by atoms with E-state index in [2.05, 4.69) is 6.92 Å². The molecule has 0 radical (unpaired) electrons. The van der Waals surface area contributed by atoms with Crippen molar-refractivity contribution >= 4 is 11.6 Å². The van der Waals surface area contributed by atoms with E-state index in [1.54, 1.807) is 0 Å². The third kappa shape index (κ3) is 1.18. The fourth-order valence-electron chi connectivity index (χ4n) is 3.37. The Balaban J connectivity index is 2.11. The van der Waals surface area contributed by atoms with Crippen LogP contribution in [0, 0.1) is 5.92 Å². The molecule has 0 amide bonds. The topological polar surface area (TPSA) is 0 Å². The van der Waals surface area contributed by atoms with Crippen molar-refractivity contribution in [2.75, 3.05) is 25.5 Å². The zero-order chi connectivity index (χ0) is 8.60. The minimum Gasteiger partial charge on any atom is -0.320 e. The van der Waals surface area contributed by atoms with Gasteiger partial charge in [-0.1, -0.05) is 6.92 Å². The highest BCUT2D eigenvalue weighted by Gasteiger charge is 2.48. The third-order valence-corrected chi connectivity index (χ3v) is 4.19. The first-order chi connectivity index (χ1) is 5.78. The van der Waals surface area contributed by atoms with E-state index < -0.39 is 0 Å². The van der Waals surface area contributed by atoms with E-state index in [-0.39, 0.29) is 0 Å². The molecular formula is C10H19ClN+. The first kappa shape index (κ1) is 8.83. The van der Waals surface area contributed by atoms with Crippen LogP contribution in [0.4, 0.5) is 0 Å². The van der Waals surface area contributed by atoms with Gasteiger partial charge in [0.1, 0.15) is 0 Å². The number of hydrogen-bond donors (Lipinski definition) is 0. The molecule has 0 aromatic rings. The number of quaternary nitrogens is 1. The van der Waals surface area contributed by atoms with Gasteiger partial charge in [-0.05, 0) is 0 Å². The van der Waals surface area contributed by atoms with Crippen LogP contribution in [-0.4, -0.2) is 36.0 Å². The smallest absolute Gasteiger partial charge is 0.0926 e. The van der Waals surface area contributed by atoms with Crippen molar-refractivity contribution < 1.29 is 4.48 Å². The van der Waals surface area contributed by atoms with Gasteiger partial charge in [0.2, 0.25) is 0 Å². The summed E-state index contributed by atoms with van der Waals surface area (Å²) < 4.78 is 1.37. The van der Waals surface area contributed by atoms with Crippen LogP contribution < -0.4 is 0 Å². The summed E-state index contributed by atoms with van der Waals surface area (Å²) in [6.45, 7) is 6.45. The summed E-state index contributed by atoms with van der Waals surface area (Å²) in [6.07, 6.45) is 4.32. The number of halogens is 1. The van der Waals surface area contributed by atoms with Crippen molar-refractivity contribution in [3.8, 4) is 0 Å². The third-order valence-electron chi connectivity index (χ3n) is 4.02. The lowest BCUT2D eigenvalue weighted by Crippen LogP contribution is -2.49. The molecule has 2 aliphatic heterocycles. The van der Waals surface area contributed by atoms with Gasteiger partial charge in [-0.2, -0.15) is 0 Å². The fraction of sp³-hybridized carbons (Fsp3) is 1.00. The number of fused-ring (bicyclic) bond motifs is 1. The van der Waals surface area contributed by atoms with E-state index in [1.165, 1.54) is 43.4 Å². The lowest BCUT2D eigenvalue weighted by Gasteiger charge is -2.35. The zero-order valence-electron chi connectivity index (χ0n) is 7.93. The molecule has 0 bridgehead atoms. The number of rotatable bonds is 2. The van der Waals surface area contributed by atoms with E-state index >= 15 is 0 Å². The van der Waals surface area contributed by atoms with E-state index in [9.17, 15) is 0 Å². The molecule has 0 saturated carbocycles. The van der Waals surface area contributed by atoms with Gasteiger partial charge in [-0.15, -0.1) is 11.6 Å². The molecule has 12 heavy (non-hydrogen) atoms. The molecule has 2 fully saturated rings. The summed E-state index contributed by atoms with van der Waals surface area (Å²) in [4.78, 5) is 0. The van der Waals surface area contributed by atoms with Crippen molar-refractivity contribution in [3.05, 3.63) is 0 Å². The summed E-state index contributed by atoms with van der Waals surface area (Å²) in [5.74, 6) is 1.80. The van der Waals surface area contributed by atoms with E-state index in [1.807, 2.05) is 0 Å². The summed E-state index contributed by atoms with van der Waals surface area (Å²) >= 11 is 5.88. The lowest BCUT2D eigenvalue weighted by molar-refractivity contribution is -0.926. The Labute approximate surface area is 80.3 Å². The van der Waals surface area contributed by atoms with Crippen LogP contribution in [0.25, 0.3) is 0 Å². The highest BCUT2D eigenvalue weighted by Crippen LogP contribution is 2.39. The highest BCUT2D eigenvalue weighted by atomic mass is 35.5. The molecule has 3 atom stereocenters. The molecule has 0 N–H and O–H groups in total. The van der Waals surface area contributed by atoms with E-state index in [4.69, 9.17) is 11.6 Å². The van der Waals surface area contributed by atoms with Gasteiger partial charge in [0.25, 0.3) is 0 Å². The quantitative estimate of drug-likeness (QED) is 0.461. The van der Waals surface area contributed by atoms with Gasteiger partial charge < -0.3 is 4.48 Å². The molecule has 2 saturated heterocycles. The molecule has 2 heterocycles. The summed E-state index contributed by atoms with van der Waals surface area (Å²) in [6, 6.07) is 0.962. The molecule has 2 aliphatic rings. The number of nitrogens with zero attached hydrogens (tertiary/aromatic N) is 1. The highest BCUT2D eigenvalue weighted by molar-refractivity contribution is 6.17. The Morgan fingerprint density at radius 2 is 2.17 bits per heavy atom. The Hall–Kier alpha value is 0.250. The Bertz CT molecular complexity index is 167. The summed E-state index contributed by atoms with van der Waals surface area (Å²) in [5.41, 5.74) is 0. The van der Waals surface area contributed by atoms with Gasteiger partial charge in [0.05, 0.1) is 31.6 Å². The van der Waals surface area contributed by atoms with E-state index in [0.717, 1.165) is 17.8 Å². The first-order valence-electron chi connectivity index (χ1n) is 5.20. The van der Waals surface area contributed by atoms with Crippen LogP contribution in [-0.2, 0) is 0 Å². The van der Waals surface area contributed by atoms with E-state index in [0.29, 0.717) is 0 Å². The second-order valence-electron chi connectivity index (χ2n) is 4.55. The second kappa shape index (κ2) is 3.19. The normalized spacial score (nSPS) is 46.5. The molecule has 0 aliphatic carbocycles. The molecule has 0 spiro atoms. The molecular weight excluding hydrogens is 170 g/mol. The number of hydrogen-bond acceptors (Lipinski definition) is 0. The largest absolute Gasteiger partial charge is 0.320 e. The fourth-order valence-corrected chi connectivity index (χ4v) is 3.70. The molecule has 2 rings (SSSR count). The van der Waals surface area contributed by atoms with Gasteiger partial charge in [0, 0.05) is 25.2 Å². The maximum atomic E-state index is 5.88. The molecule has 1 unspecified atom stereocenters. The zero-order valence-corrected chi connectivity index (χ0v) is 8.69. The van der Waals surface area contributed by atoms with Crippen molar-refractivity contribution in [2.45, 2.75) is 32.2 Å². The number of alkyl halides is 1. The Morgan fingerprint density at radius 1 is 1.33 bits per heavy atom. The maximum Gasteiger partial charge on any atom is 0.0926 e. The van der Waals surface area contributed by atoms with Crippen LogP contribution in [0.15, 0.2) is 0 Å². The molecule has 0 aromatic heterocycles. The van der Waals surface area contributed by atoms with Gasteiger partial charge in [-0.3, -0.25) is 0 Å². The Morgan fingerprint density at radius 3 is 2.92 bits per heavy atom. The van der Waals surface area contributed by atoms with Crippen molar-refractivity contribution in [1.29, 1.82) is 0 Å². The summed E-state index contributed by atoms with van der Waals surface area (Å²) in [7, 11) is 0. The summed E-state index contributed by atoms with van der Waals surface area (Å²) in [5, 5.41) is 0. The predicted molar refractivity (Wildman–Crippen MR) is 52.4 cm³/mol. The van der Waals surface area contributed by atoms with Crippen LogP contribution >= 0.6 is 11.6 Å². The van der Waals surface area contributed by atoms with Crippen LogP contribution in [0.2, 0.25) is 0 Å². The predicted octanol–water partition coefficient (Wildman–Crippen LogP) is 2.24. The van der Waals surface area contributed by atoms with Gasteiger partial charge in [-0.25, -0.2) is 0 Å². The minimum absolute atomic E-state index is 0.850. The monoisotopic (exact) mass is 188 g/mol. The van der Waals surface area contributed by atoms with Crippen molar-refractivity contribution in [1.82, 2.24) is 0 Å². The molecule has 2 heteroatoms. The van der Waals surface area contributed by atoms with Crippen LogP contribution in [0.5, 0.6) is 0 Å². The average molecular weight is 189 g/mol. The van der Waals surface area contributed by atoms with Gasteiger partial charge in [0.15, 0.2) is 0 Å². The molecule has 0 aromatic carbocycles. The minimum atomic E-state index is 0.850. The SMILES string of the molecule is C[C@H]1CC[N+]2(CCCl)CCC[C@@H]12. The first-order valence-corrected chi connectivity index (χ1v) is 5.74. The average Bonchev–Trinajstić information content (AvgIpc) is 2.55. The van der Waals surface area contributed by atoms with Crippen molar-refractivity contribution in [2.24, 2.45) is 5.92 Å². The Kier molecular flexibility index (Phi) is 2.35. The van der Waals surface area contributed by atoms with Crippen LogP contribution in [0.3, 0.4) is 0 Å². The molecule has 1 nitrogen and oxygen atoms in total. The standard InChI is InChI=1S/C10H19ClN/c1-9-4-7-12(8-5-11)6-2-3-10(9)12/h9-10H,2-8H2,1H3/q+1/t9-,10-,12?/m0/s1. The molecule has 70 valence electrons. The van der Waals surface area contributed by atoms with Gasteiger partial charge >= 0.3 is 0 Å². The van der Waals surface area contributed by atoms with Crippen LogP contribution in [0.1, 0.15) is 26.2 Å². The van der Waals surface area contributed by atoms with Crippen molar-refractivity contribution in [3.63, 3.8) is 0 Å². The maximum absolute atomic E-state index is 5.88.